The van der Waals surface area contributed by atoms with Crippen LogP contribution in [0.5, 0.6) is 0 Å². The third-order valence-electron chi connectivity index (χ3n) is 3.47. The molecule has 1 aromatic rings. The summed E-state index contributed by atoms with van der Waals surface area (Å²) in [5.74, 6) is -0.590. The molecule has 5 nitrogen and oxygen atoms in total. The van der Waals surface area contributed by atoms with Gasteiger partial charge in [-0.1, -0.05) is 30.3 Å². The number of benzene rings is 1. The van der Waals surface area contributed by atoms with Crippen molar-refractivity contribution in [3.8, 4) is 0 Å². The second-order valence-electron chi connectivity index (χ2n) is 4.93. The fraction of sp³-hybridized carbons (Fsp3) is 0.467. The van der Waals surface area contributed by atoms with E-state index in [0.29, 0.717) is 6.42 Å². The molecule has 0 bridgehead atoms. The van der Waals surface area contributed by atoms with E-state index >= 15 is 0 Å². The molecule has 1 aromatic carbocycles. The molecule has 0 saturated carbocycles. The molecule has 0 radical (unpaired) electrons. The molecule has 2 unspecified atom stereocenters. The number of ether oxygens (including phenoxy) is 1. The number of carbonyl (C=O) groups is 2. The highest BCUT2D eigenvalue weighted by Crippen LogP contribution is 2.15. The quantitative estimate of drug-likeness (QED) is 0.792. The van der Waals surface area contributed by atoms with Gasteiger partial charge in [-0.2, -0.15) is 0 Å². The summed E-state index contributed by atoms with van der Waals surface area (Å²) in [6.45, 7) is 0.955. The van der Waals surface area contributed by atoms with Gasteiger partial charge in [0.15, 0.2) is 6.04 Å². The van der Waals surface area contributed by atoms with Crippen LogP contribution in [0.25, 0.3) is 0 Å². The first-order chi connectivity index (χ1) is 9.70. The van der Waals surface area contributed by atoms with Crippen LogP contribution in [0, 0.1) is 0 Å². The standard InChI is InChI=1S/C15H20N2O3/c1-20-15(19)14(11-6-3-2-4-7-11)17-13(18)10-12-8-5-9-16-12/h2-4,6-7,12,14,16H,5,8-10H2,1H3,(H,17,18). The molecular weight excluding hydrogens is 256 g/mol. The van der Waals surface area contributed by atoms with Gasteiger partial charge >= 0.3 is 5.97 Å². The number of methoxy groups -OCH3 is 1. The predicted octanol–water partition coefficient (Wildman–Crippen LogP) is 1.16. The summed E-state index contributed by atoms with van der Waals surface area (Å²) in [4.78, 5) is 23.9. The molecule has 0 aromatic heterocycles. The third-order valence-corrected chi connectivity index (χ3v) is 3.47. The van der Waals surface area contributed by atoms with Crippen LogP contribution in [-0.2, 0) is 14.3 Å². The highest BCUT2D eigenvalue weighted by atomic mass is 16.5. The van der Waals surface area contributed by atoms with E-state index in [1.165, 1.54) is 7.11 Å². The van der Waals surface area contributed by atoms with Crippen molar-refractivity contribution < 1.29 is 14.3 Å². The zero-order chi connectivity index (χ0) is 14.4. The Labute approximate surface area is 118 Å². The summed E-state index contributed by atoms with van der Waals surface area (Å²) in [7, 11) is 1.32. The van der Waals surface area contributed by atoms with Gasteiger partial charge < -0.3 is 15.4 Å². The number of rotatable bonds is 5. The first-order valence-electron chi connectivity index (χ1n) is 6.86. The maximum Gasteiger partial charge on any atom is 0.333 e. The van der Waals surface area contributed by atoms with Crippen LogP contribution in [0.15, 0.2) is 30.3 Å². The van der Waals surface area contributed by atoms with Crippen molar-refractivity contribution in [1.29, 1.82) is 0 Å². The van der Waals surface area contributed by atoms with Gasteiger partial charge in [-0.3, -0.25) is 4.79 Å². The maximum atomic E-state index is 12.0. The van der Waals surface area contributed by atoms with Gasteiger partial charge in [-0.05, 0) is 24.9 Å². The maximum absolute atomic E-state index is 12.0. The van der Waals surface area contributed by atoms with Crippen LogP contribution in [0.2, 0.25) is 0 Å². The molecule has 1 aliphatic heterocycles. The molecular formula is C15H20N2O3. The molecule has 2 rings (SSSR count). The number of carbonyl (C=O) groups excluding carboxylic acids is 2. The van der Waals surface area contributed by atoms with Gasteiger partial charge in [0.2, 0.25) is 5.91 Å². The number of amides is 1. The predicted molar refractivity (Wildman–Crippen MR) is 75.0 cm³/mol. The van der Waals surface area contributed by atoms with Crippen molar-refractivity contribution in [2.75, 3.05) is 13.7 Å². The SMILES string of the molecule is COC(=O)C(NC(=O)CC1CCCN1)c1ccccc1. The zero-order valence-electron chi connectivity index (χ0n) is 11.6. The normalized spacial score (nSPS) is 19.4. The number of esters is 1. The first kappa shape index (κ1) is 14.5. The van der Waals surface area contributed by atoms with Gasteiger partial charge in [0.05, 0.1) is 7.11 Å². The van der Waals surface area contributed by atoms with Crippen LogP contribution in [0.1, 0.15) is 30.9 Å². The molecule has 2 N–H and O–H groups in total. The molecule has 1 amide bonds. The Morgan fingerprint density at radius 1 is 1.40 bits per heavy atom. The molecule has 1 heterocycles. The van der Waals surface area contributed by atoms with Crippen LogP contribution in [0.4, 0.5) is 0 Å². The molecule has 5 heteroatoms. The van der Waals surface area contributed by atoms with Crippen LogP contribution in [0.3, 0.4) is 0 Å². The van der Waals surface area contributed by atoms with E-state index in [-0.39, 0.29) is 11.9 Å². The molecule has 108 valence electrons. The van der Waals surface area contributed by atoms with Gasteiger partial charge in [-0.25, -0.2) is 4.79 Å². The Morgan fingerprint density at radius 2 is 2.15 bits per heavy atom. The zero-order valence-corrected chi connectivity index (χ0v) is 11.6. The van der Waals surface area contributed by atoms with Crippen LogP contribution < -0.4 is 10.6 Å². The lowest BCUT2D eigenvalue weighted by Crippen LogP contribution is -2.37. The van der Waals surface area contributed by atoms with E-state index in [1.54, 1.807) is 12.1 Å². The van der Waals surface area contributed by atoms with E-state index < -0.39 is 12.0 Å². The molecule has 1 saturated heterocycles. The summed E-state index contributed by atoms with van der Waals surface area (Å²) < 4.78 is 4.77. The smallest absolute Gasteiger partial charge is 0.333 e. The Kier molecular flexibility index (Phi) is 5.12. The Bertz CT molecular complexity index is 455. The third kappa shape index (κ3) is 3.81. The molecule has 2 atom stereocenters. The number of hydrogen-bond donors (Lipinski definition) is 2. The van der Waals surface area contributed by atoms with Crippen molar-refractivity contribution in [1.82, 2.24) is 10.6 Å². The van der Waals surface area contributed by atoms with Crippen LogP contribution in [-0.4, -0.2) is 31.6 Å². The van der Waals surface area contributed by atoms with E-state index in [4.69, 9.17) is 4.74 Å². The highest BCUT2D eigenvalue weighted by Gasteiger charge is 2.25. The molecule has 1 fully saturated rings. The topological polar surface area (TPSA) is 67.4 Å². The monoisotopic (exact) mass is 276 g/mol. The first-order valence-corrected chi connectivity index (χ1v) is 6.86. The molecule has 0 aliphatic carbocycles. The Morgan fingerprint density at radius 3 is 2.75 bits per heavy atom. The number of nitrogens with one attached hydrogen (secondary N) is 2. The van der Waals surface area contributed by atoms with Crippen molar-refractivity contribution in [3.63, 3.8) is 0 Å². The molecule has 1 aliphatic rings. The Hall–Kier alpha value is -1.88. The average Bonchev–Trinajstić information content (AvgIpc) is 2.97. The van der Waals surface area contributed by atoms with E-state index in [0.717, 1.165) is 24.9 Å². The lowest BCUT2D eigenvalue weighted by atomic mass is 10.1. The minimum absolute atomic E-state index is 0.136. The minimum Gasteiger partial charge on any atom is -0.467 e. The molecule has 0 spiro atoms. The van der Waals surface area contributed by atoms with Crippen molar-refractivity contribution in [3.05, 3.63) is 35.9 Å². The lowest BCUT2D eigenvalue weighted by molar-refractivity contribution is -0.145. The van der Waals surface area contributed by atoms with Gasteiger partial charge in [0.25, 0.3) is 0 Å². The summed E-state index contributed by atoms with van der Waals surface area (Å²) in [5, 5.41) is 6.02. The summed E-state index contributed by atoms with van der Waals surface area (Å²) >= 11 is 0. The fourth-order valence-electron chi connectivity index (χ4n) is 2.42. The Balaban J connectivity index is 2.00. The lowest BCUT2D eigenvalue weighted by Gasteiger charge is -2.18. The van der Waals surface area contributed by atoms with Crippen molar-refractivity contribution in [2.45, 2.75) is 31.3 Å². The summed E-state index contributed by atoms with van der Waals surface area (Å²) in [5.41, 5.74) is 0.729. The van der Waals surface area contributed by atoms with Gasteiger partial charge in [0.1, 0.15) is 0 Å². The van der Waals surface area contributed by atoms with E-state index in [2.05, 4.69) is 10.6 Å². The minimum atomic E-state index is -0.741. The second-order valence-corrected chi connectivity index (χ2v) is 4.93. The fourth-order valence-corrected chi connectivity index (χ4v) is 2.42. The van der Waals surface area contributed by atoms with Crippen molar-refractivity contribution in [2.24, 2.45) is 0 Å². The second kappa shape index (κ2) is 7.05. The summed E-state index contributed by atoms with van der Waals surface area (Å²) in [6, 6.07) is 8.60. The molecule has 20 heavy (non-hydrogen) atoms. The van der Waals surface area contributed by atoms with E-state index in [1.807, 2.05) is 18.2 Å². The van der Waals surface area contributed by atoms with Gasteiger partial charge in [0, 0.05) is 12.5 Å². The summed E-state index contributed by atoms with van der Waals surface area (Å²) in [6.07, 6.45) is 2.49. The van der Waals surface area contributed by atoms with Crippen molar-refractivity contribution >= 4 is 11.9 Å². The number of hydrogen-bond acceptors (Lipinski definition) is 4. The van der Waals surface area contributed by atoms with Crippen LogP contribution >= 0.6 is 0 Å². The van der Waals surface area contributed by atoms with Gasteiger partial charge in [-0.15, -0.1) is 0 Å². The highest BCUT2D eigenvalue weighted by molar-refractivity contribution is 5.85. The average molecular weight is 276 g/mol. The van der Waals surface area contributed by atoms with E-state index in [9.17, 15) is 9.59 Å². The largest absolute Gasteiger partial charge is 0.467 e.